The molecule has 0 bridgehead atoms. The highest BCUT2D eigenvalue weighted by Gasteiger charge is 2.25. The summed E-state index contributed by atoms with van der Waals surface area (Å²) in [6.45, 7) is 3.90. The summed E-state index contributed by atoms with van der Waals surface area (Å²) in [6.07, 6.45) is 1.68. The number of amides is 1. The molecule has 0 heterocycles. The maximum atomic E-state index is 12.5. The number of carboxylic acid groups (broad SMARTS) is 1. The molecule has 2 atom stereocenters. The van der Waals surface area contributed by atoms with Gasteiger partial charge in [-0.2, -0.15) is 0 Å². The molecule has 0 aliphatic rings. The summed E-state index contributed by atoms with van der Waals surface area (Å²) in [5.41, 5.74) is 0.995. The lowest BCUT2D eigenvalue weighted by Crippen LogP contribution is -2.36. The van der Waals surface area contributed by atoms with Crippen molar-refractivity contribution < 1.29 is 14.7 Å². The van der Waals surface area contributed by atoms with Gasteiger partial charge in [0.15, 0.2) is 0 Å². The second-order valence-electron chi connectivity index (χ2n) is 5.21. The molecule has 0 radical (unpaired) electrons. The number of aliphatic carboxylic acids is 1. The van der Waals surface area contributed by atoms with Crippen LogP contribution in [0.1, 0.15) is 38.2 Å². The first-order valence-electron chi connectivity index (χ1n) is 7.00. The Kier molecular flexibility index (Phi) is 6.22. The average molecular weight is 277 g/mol. The maximum Gasteiger partial charge on any atom is 0.308 e. The van der Waals surface area contributed by atoms with Gasteiger partial charge in [0.25, 0.3) is 0 Å². The minimum atomic E-state index is -0.878. The summed E-state index contributed by atoms with van der Waals surface area (Å²) >= 11 is 0. The van der Waals surface area contributed by atoms with E-state index in [4.69, 9.17) is 5.11 Å². The normalized spacial score (nSPS) is 13.6. The van der Waals surface area contributed by atoms with E-state index in [0.717, 1.165) is 18.4 Å². The van der Waals surface area contributed by atoms with Gasteiger partial charge in [-0.05, 0) is 12.0 Å². The van der Waals surface area contributed by atoms with Gasteiger partial charge in [0, 0.05) is 13.6 Å². The Balaban J connectivity index is 2.81. The van der Waals surface area contributed by atoms with Gasteiger partial charge in [-0.25, -0.2) is 0 Å². The summed E-state index contributed by atoms with van der Waals surface area (Å²) in [6, 6.07) is 9.67. The van der Waals surface area contributed by atoms with Crippen molar-refractivity contribution in [1.29, 1.82) is 0 Å². The molecule has 4 nitrogen and oxygen atoms in total. The Morgan fingerprint density at radius 1 is 1.25 bits per heavy atom. The summed E-state index contributed by atoms with van der Waals surface area (Å²) in [4.78, 5) is 24.9. The van der Waals surface area contributed by atoms with Crippen molar-refractivity contribution >= 4 is 11.9 Å². The predicted molar refractivity (Wildman–Crippen MR) is 78.5 cm³/mol. The average Bonchev–Trinajstić information content (AvgIpc) is 2.44. The van der Waals surface area contributed by atoms with Crippen molar-refractivity contribution in [2.24, 2.45) is 5.92 Å². The third kappa shape index (κ3) is 4.37. The molecule has 0 spiro atoms. The van der Waals surface area contributed by atoms with Crippen molar-refractivity contribution in [3.63, 3.8) is 0 Å². The molecular weight excluding hydrogens is 254 g/mol. The van der Waals surface area contributed by atoms with E-state index in [9.17, 15) is 9.59 Å². The molecule has 0 aromatic heterocycles. The fourth-order valence-electron chi connectivity index (χ4n) is 2.25. The fourth-order valence-corrected chi connectivity index (χ4v) is 2.25. The molecule has 0 saturated carbocycles. The van der Waals surface area contributed by atoms with E-state index in [1.54, 1.807) is 14.0 Å². The first-order chi connectivity index (χ1) is 9.47. The molecule has 110 valence electrons. The van der Waals surface area contributed by atoms with Crippen LogP contribution < -0.4 is 0 Å². The van der Waals surface area contributed by atoms with E-state index in [1.165, 1.54) is 4.90 Å². The molecule has 1 amide bonds. The lowest BCUT2D eigenvalue weighted by molar-refractivity contribution is -0.142. The third-order valence-corrected chi connectivity index (χ3v) is 3.42. The van der Waals surface area contributed by atoms with Crippen molar-refractivity contribution in [2.45, 2.75) is 32.6 Å². The summed E-state index contributed by atoms with van der Waals surface area (Å²) in [7, 11) is 1.67. The molecule has 20 heavy (non-hydrogen) atoms. The highest BCUT2D eigenvalue weighted by molar-refractivity contribution is 5.84. The zero-order chi connectivity index (χ0) is 15.1. The molecule has 1 N–H and O–H groups in total. The summed E-state index contributed by atoms with van der Waals surface area (Å²) in [5.74, 6) is -1.63. The number of carbonyl (C=O) groups excluding carboxylic acids is 1. The number of hydrogen-bond donors (Lipinski definition) is 1. The lowest BCUT2D eigenvalue weighted by Gasteiger charge is -2.25. The van der Waals surface area contributed by atoms with Crippen molar-refractivity contribution in [3.05, 3.63) is 35.9 Å². The maximum absolute atomic E-state index is 12.5. The number of benzene rings is 1. The van der Waals surface area contributed by atoms with Gasteiger partial charge in [-0.3, -0.25) is 9.59 Å². The van der Waals surface area contributed by atoms with E-state index in [1.807, 2.05) is 37.3 Å². The highest BCUT2D eigenvalue weighted by Crippen LogP contribution is 2.23. The molecule has 1 rings (SSSR count). The predicted octanol–water partition coefficient (Wildman–Crippen LogP) is 2.75. The van der Waals surface area contributed by atoms with E-state index in [0.29, 0.717) is 0 Å². The lowest BCUT2D eigenvalue weighted by atomic mass is 9.93. The fraction of sp³-hybridized carbons (Fsp3) is 0.500. The van der Waals surface area contributed by atoms with E-state index < -0.39 is 11.9 Å². The van der Waals surface area contributed by atoms with Crippen LogP contribution >= 0.6 is 0 Å². The molecule has 0 aliphatic carbocycles. The van der Waals surface area contributed by atoms with Crippen molar-refractivity contribution in [3.8, 4) is 0 Å². The smallest absolute Gasteiger partial charge is 0.308 e. The van der Waals surface area contributed by atoms with Crippen LogP contribution in [0.5, 0.6) is 0 Å². The Morgan fingerprint density at radius 3 is 2.35 bits per heavy atom. The van der Waals surface area contributed by atoms with Crippen LogP contribution in [-0.4, -0.2) is 35.5 Å². The minimum Gasteiger partial charge on any atom is -0.481 e. The van der Waals surface area contributed by atoms with Crippen LogP contribution in [0, 0.1) is 5.92 Å². The SMILES string of the molecule is CCCC(C(=O)N(C)CC(C)C(=O)O)c1ccccc1. The quantitative estimate of drug-likeness (QED) is 0.833. The highest BCUT2D eigenvalue weighted by atomic mass is 16.4. The van der Waals surface area contributed by atoms with E-state index in [-0.39, 0.29) is 18.4 Å². The second kappa shape index (κ2) is 7.68. The summed E-state index contributed by atoms with van der Waals surface area (Å²) < 4.78 is 0. The van der Waals surface area contributed by atoms with Crippen LogP contribution in [0.3, 0.4) is 0 Å². The molecular formula is C16H23NO3. The standard InChI is InChI=1S/C16H23NO3/c1-4-8-14(13-9-6-5-7-10-13)15(18)17(3)11-12(2)16(19)20/h5-7,9-10,12,14H,4,8,11H2,1-3H3,(H,19,20). The van der Waals surface area contributed by atoms with Crippen LogP contribution in [-0.2, 0) is 9.59 Å². The number of carbonyl (C=O) groups is 2. The van der Waals surface area contributed by atoms with Gasteiger partial charge in [-0.1, -0.05) is 50.6 Å². The van der Waals surface area contributed by atoms with E-state index in [2.05, 4.69) is 0 Å². The number of carboxylic acids is 1. The van der Waals surface area contributed by atoms with Gasteiger partial charge >= 0.3 is 5.97 Å². The third-order valence-electron chi connectivity index (χ3n) is 3.42. The van der Waals surface area contributed by atoms with Crippen molar-refractivity contribution in [1.82, 2.24) is 4.90 Å². The Labute approximate surface area is 120 Å². The number of hydrogen-bond acceptors (Lipinski definition) is 2. The summed E-state index contributed by atoms with van der Waals surface area (Å²) in [5, 5.41) is 8.93. The second-order valence-corrected chi connectivity index (χ2v) is 5.21. The number of rotatable bonds is 7. The molecule has 0 saturated heterocycles. The van der Waals surface area contributed by atoms with Gasteiger partial charge < -0.3 is 10.0 Å². The van der Waals surface area contributed by atoms with Gasteiger partial charge in [0.1, 0.15) is 0 Å². The molecule has 1 aromatic rings. The number of nitrogens with zero attached hydrogens (tertiary/aromatic N) is 1. The zero-order valence-corrected chi connectivity index (χ0v) is 12.4. The van der Waals surface area contributed by atoms with E-state index >= 15 is 0 Å². The molecule has 0 aliphatic heterocycles. The Bertz CT molecular complexity index is 444. The Morgan fingerprint density at radius 2 is 1.85 bits per heavy atom. The molecule has 0 fully saturated rings. The van der Waals surface area contributed by atoms with Gasteiger partial charge in [0.2, 0.25) is 5.91 Å². The largest absolute Gasteiger partial charge is 0.481 e. The van der Waals surface area contributed by atoms with Crippen molar-refractivity contribution in [2.75, 3.05) is 13.6 Å². The minimum absolute atomic E-state index is 0.00819. The molecule has 2 unspecified atom stereocenters. The van der Waals surface area contributed by atoms with Crippen LogP contribution in [0.4, 0.5) is 0 Å². The monoisotopic (exact) mass is 277 g/mol. The molecule has 4 heteroatoms. The first-order valence-corrected chi connectivity index (χ1v) is 7.00. The van der Waals surface area contributed by atoms with Crippen LogP contribution in [0.25, 0.3) is 0 Å². The van der Waals surface area contributed by atoms with Crippen LogP contribution in [0.15, 0.2) is 30.3 Å². The topological polar surface area (TPSA) is 57.6 Å². The zero-order valence-electron chi connectivity index (χ0n) is 12.4. The molecule has 1 aromatic carbocycles. The first kappa shape index (κ1) is 16.2. The number of likely N-dealkylation sites (N-methyl/N-ethyl adjacent to an activating group) is 1. The van der Waals surface area contributed by atoms with Gasteiger partial charge in [0.05, 0.1) is 11.8 Å². The Hall–Kier alpha value is -1.84. The van der Waals surface area contributed by atoms with Crippen LogP contribution in [0.2, 0.25) is 0 Å². The van der Waals surface area contributed by atoms with Gasteiger partial charge in [-0.15, -0.1) is 0 Å².